The average molecular weight is 368 g/mol. The fraction of sp³-hybridized carbons (Fsp3) is 0.789. The summed E-state index contributed by atoms with van der Waals surface area (Å²) in [6.45, 7) is 5.71. The van der Waals surface area contributed by atoms with Crippen molar-refractivity contribution in [3.63, 3.8) is 0 Å². The van der Waals surface area contributed by atoms with Crippen molar-refractivity contribution in [3.8, 4) is 0 Å². The molecule has 2 aliphatic heterocycles. The Morgan fingerprint density at radius 2 is 1.88 bits per heavy atom. The Hall–Kier alpha value is -1.50. The fourth-order valence-electron chi connectivity index (χ4n) is 4.30. The third-order valence-electron chi connectivity index (χ3n) is 5.74. The maximum absolute atomic E-state index is 12.8. The summed E-state index contributed by atoms with van der Waals surface area (Å²) in [6, 6.07) is 2.11. The van der Waals surface area contributed by atoms with E-state index < -0.39 is 6.43 Å². The van der Waals surface area contributed by atoms with Crippen LogP contribution in [0.5, 0.6) is 0 Å². The molecule has 3 heterocycles. The Bertz CT molecular complexity index is 576. The number of hydrogen-bond donors (Lipinski definition) is 0. The molecule has 1 aromatic heterocycles. The summed E-state index contributed by atoms with van der Waals surface area (Å²) >= 11 is 0. The third-order valence-corrected chi connectivity index (χ3v) is 5.74. The molecule has 0 saturated carbocycles. The molecule has 0 atom stereocenters. The lowest BCUT2D eigenvalue weighted by Gasteiger charge is -2.37. The standard InChI is InChI=1S/C19H30F2N4O/c1-2-9-25-17(3-8-22-25)15-6-12-24(13-7-15)19(26)16-4-10-23(11-5-16)14-18(20)21/h3,8,15-16,18H,2,4-7,9-14H2,1H3. The molecule has 1 amide bonds. The molecule has 0 unspecified atom stereocenters. The van der Waals surface area contributed by atoms with Gasteiger partial charge >= 0.3 is 0 Å². The number of carbonyl (C=O) groups excluding carboxylic acids is 1. The Morgan fingerprint density at radius 1 is 1.19 bits per heavy atom. The van der Waals surface area contributed by atoms with Gasteiger partial charge in [-0.05, 0) is 51.3 Å². The van der Waals surface area contributed by atoms with Gasteiger partial charge in [0.1, 0.15) is 0 Å². The summed E-state index contributed by atoms with van der Waals surface area (Å²) in [7, 11) is 0. The van der Waals surface area contributed by atoms with Gasteiger partial charge in [0.2, 0.25) is 5.91 Å². The molecule has 0 radical (unpaired) electrons. The second-order valence-electron chi connectivity index (χ2n) is 7.54. The van der Waals surface area contributed by atoms with Gasteiger partial charge in [-0.15, -0.1) is 0 Å². The van der Waals surface area contributed by atoms with Crippen LogP contribution in [-0.4, -0.2) is 64.6 Å². The SMILES string of the molecule is CCCn1nccc1C1CCN(C(=O)C2CCN(CC(F)F)CC2)CC1. The summed E-state index contributed by atoms with van der Waals surface area (Å²) in [6.07, 6.45) is 4.01. The molecular formula is C19H30F2N4O. The molecule has 0 aliphatic carbocycles. The molecule has 26 heavy (non-hydrogen) atoms. The summed E-state index contributed by atoms with van der Waals surface area (Å²) in [5.41, 5.74) is 1.29. The summed E-state index contributed by atoms with van der Waals surface area (Å²) in [4.78, 5) is 16.6. The van der Waals surface area contributed by atoms with Crippen LogP contribution in [0.15, 0.2) is 12.3 Å². The van der Waals surface area contributed by atoms with E-state index in [4.69, 9.17) is 0 Å². The van der Waals surface area contributed by atoms with Crippen molar-refractivity contribution in [1.29, 1.82) is 0 Å². The zero-order chi connectivity index (χ0) is 18.5. The van der Waals surface area contributed by atoms with Gasteiger partial charge in [0, 0.05) is 43.4 Å². The highest BCUT2D eigenvalue weighted by Crippen LogP contribution is 2.30. The second kappa shape index (κ2) is 8.93. The van der Waals surface area contributed by atoms with Crippen LogP contribution in [0, 0.1) is 5.92 Å². The molecular weight excluding hydrogens is 338 g/mol. The van der Waals surface area contributed by atoms with Gasteiger partial charge in [0.05, 0.1) is 6.54 Å². The van der Waals surface area contributed by atoms with E-state index in [2.05, 4.69) is 22.8 Å². The number of rotatable bonds is 6. The van der Waals surface area contributed by atoms with E-state index >= 15 is 0 Å². The van der Waals surface area contributed by atoms with Gasteiger partial charge in [-0.1, -0.05) is 6.92 Å². The number of amides is 1. The molecule has 7 heteroatoms. The molecule has 0 bridgehead atoms. The first-order chi connectivity index (χ1) is 12.6. The second-order valence-corrected chi connectivity index (χ2v) is 7.54. The predicted molar refractivity (Wildman–Crippen MR) is 96.2 cm³/mol. The van der Waals surface area contributed by atoms with Gasteiger partial charge in [0.15, 0.2) is 0 Å². The minimum Gasteiger partial charge on any atom is -0.342 e. The molecule has 2 aliphatic rings. The third kappa shape index (κ3) is 4.61. The van der Waals surface area contributed by atoms with Crippen LogP contribution in [0.3, 0.4) is 0 Å². The highest BCUT2D eigenvalue weighted by atomic mass is 19.3. The van der Waals surface area contributed by atoms with E-state index in [-0.39, 0.29) is 18.4 Å². The molecule has 2 fully saturated rings. The van der Waals surface area contributed by atoms with Crippen molar-refractivity contribution in [2.45, 2.75) is 57.9 Å². The van der Waals surface area contributed by atoms with Gasteiger partial charge in [-0.25, -0.2) is 8.78 Å². The minimum atomic E-state index is -2.29. The molecule has 0 aromatic carbocycles. The Morgan fingerprint density at radius 3 is 2.50 bits per heavy atom. The highest BCUT2D eigenvalue weighted by molar-refractivity contribution is 5.79. The maximum Gasteiger partial charge on any atom is 0.251 e. The first-order valence-corrected chi connectivity index (χ1v) is 9.89. The number of hydrogen-bond acceptors (Lipinski definition) is 3. The van der Waals surface area contributed by atoms with Crippen molar-refractivity contribution in [2.24, 2.45) is 5.92 Å². The lowest BCUT2D eigenvalue weighted by atomic mass is 9.90. The molecule has 1 aromatic rings. The molecule has 5 nitrogen and oxygen atoms in total. The van der Waals surface area contributed by atoms with E-state index in [0.29, 0.717) is 31.8 Å². The minimum absolute atomic E-state index is 0.00564. The number of likely N-dealkylation sites (tertiary alicyclic amines) is 2. The maximum atomic E-state index is 12.8. The first-order valence-electron chi connectivity index (χ1n) is 9.89. The van der Waals surface area contributed by atoms with Crippen LogP contribution >= 0.6 is 0 Å². The smallest absolute Gasteiger partial charge is 0.251 e. The fourth-order valence-corrected chi connectivity index (χ4v) is 4.30. The van der Waals surface area contributed by atoms with Crippen LogP contribution in [0.4, 0.5) is 8.78 Å². The molecule has 3 rings (SSSR count). The number of piperidine rings is 2. The molecule has 2 saturated heterocycles. The molecule has 146 valence electrons. The molecule has 0 N–H and O–H groups in total. The van der Waals surface area contributed by atoms with Crippen molar-refractivity contribution in [2.75, 3.05) is 32.7 Å². The lowest BCUT2D eigenvalue weighted by molar-refractivity contribution is -0.138. The number of carbonyl (C=O) groups is 1. The normalized spacial score (nSPS) is 20.8. The van der Waals surface area contributed by atoms with Gasteiger partial charge in [0.25, 0.3) is 6.43 Å². The summed E-state index contributed by atoms with van der Waals surface area (Å²) in [5, 5.41) is 4.41. The number of aromatic nitrogens is 2. The van der Waals surface area contributed by atoms with Gasteiger partial charge < -0.3 is 4.90 Å². The van der Waals surface area contributed by atoms with Crippen molar-refractivity contribution < 1.29 is 13.6 Å². The van der Waals surface area contributed by atoms with E-state index in [9.17, 15) is 13.6 Å². The van der Waals surface area contributed by atoms with E-state index in [1.807, 2.05) is 11.1 Å². The lowest BCUT2D eigenvalue weighted by Crippen LogP contribution is -2.46. The number of halogens is 2. The number of aryl methyl sites for hydroxylation is 1. The zero-order valence-corrected chi connectivity index (χ0v) is 15.6. The van der Waals surface area contributed by atoms with Crippen LogP contribution in [0.25, 0.3) is 0 Å². The predicted octanol–water partition coefficient (Wildman–Crippen LogP) is 2.98. The highest BCUT2D eigenvalue weighted by Gasteiger charge is 2.32. The summed E-state index contributed by atoms with van der Waals surface area (Å²) in [5.74, 6) is 0.703. The average Bonchev–Trinajstić information content (AvgIpc) is 3.10. The quantitative estimate of drug-likeness (QED) is 0.775. The largest absolute Gasteiger partial charge is 0.342 e. The zero-order valence-electron chi connectivity index (χ0n) is 15.6. The Labute approximate surface area is 154 Å². The number of alkyl halides is 2. The van der Waals surface area contributed by atoms with Gasteiger partial charge in [-0.2, -0.15) is 5.10 Å². The Kier molecular flexibility index (Phi) is 6.62. The van der Waals surface area contributed by atoms with E-state index in [1.165, 1.54) is 5.69 Å². The van der Waals surface area contributed by atoms with Crippen LogP contribution in [0.1, 0.15) is 50.6 Å². The van der Waals surface area contributed by atoms with E-state index in [0.717, 1.165) is 38.9 Å². The number of nitrogens with zero attached hydrogens (tertiary/aromatic N) is 4. The van der Waals surface area contributed by atoms with Crippen molar-refractivity contribution in [1.82, 2.24) is 19.6 Å². The topological polar surface area (TPSA) is 41.4 Å². The van der Waals surface area contributed by atoms with Crippen LogP contribution in [-0.2, 0) is 11.3 Å². The van der Waals surface area contributed by atoms with Crippen LogP contribution < -0.4 is 0 Å². The Balaban J connectivity index is 1.47. The van der Waals surface area contributed by atoms with Crippen molar-refractivity contribution in [3.05, 3.63) is 18.0 Å². The van der Waals surface area contributed by atoms with Gasteiger partial charge in [-0.3, -0.25) is 14.4 Å². The summed E-state index contributed by atoms with van der Waals surface area (Å²) < 4.78 is 27.0. The van der Waals surface area contributed by atoms with Crippen molar-refractivity contribution >= 4 is 5.91 Å². The monoisotopic (exact) mass is 368 g/mol. The first kappa shape index (κ1) is 19.3. The molecule has 0 spiro atoms. The van der Waals surface area contributed by atoms with Crippen LogP contribution in [0.2, 0.25) is 0 Å². The van der Waals surface area contributed by atoms with E-state index in [1.54, 1.807) is 4.90 Å².